The second-order valence-electron chi connectivity index (χ2n) is 8.99. The summed E-state index contributed by atoms with van der Waals surface area (Å²) in [6.45, 7) is 7.93. The number of aromatic nitrogens is 6. The van der Waals surface area contributed by atoms with Gasteiger partial charge in [-0.15, -0.1) is 0 Å². The average Bonchev–Trinajstić information content (AvgIpc) is 3.36. The highest BCUT2D eigenvalue weighted by molar-refractivity contribution is 6.09. The van der Waals surface area contributed by atoms with E-state index in [2.05, 4.69) is 39.0 Å². The molecule has 8 heteroatoms. The topological polar surface area (TPSA) is 94.7 Å². The van der Waals surface area contributed by atoms with Gasteiger partial charge in [-0.2, -0.15) is 5.10 Å². The summed E-state index contributed by atoms with van der Waals surface area (Å²) in [4.78, 5) is 13.1. The quantitative estimate of drug-likeness (QED) is 0.405. The number of ether oxygens (including phenoxy) is 1. The zero-order valence-electron chi connectivity index (χ0n) is 19.5. The lowest BCUT2D eigenvalue weighted by Gasteiger charge is -2.10. The van der Waals surface area contributed by atoms with Gasteiger partial charge in [0.25, 0.3) is 0 Å². The lowest BCUT2D eigenvalue weighted by molar-refractivity contribution is 0.393. The number of rotatable bonds is 5. The van der Waals surface area contributed by atoms with E-state index < -0.39 is 0 Å². The largest absolute Gasteiger partial charge is 0.496 e. The smallest absolute Gasteiger partial charge is 0.142 e. The van der Waals surface area contributed by atoms with Crippen LogP contribution in [0.2, 0.25) is 0 Å². The van der Waals surface area contributed by atoms with Crippen molar-refractivity contribution >= 4 is 21.9 Å². The number of aryl methyl sites for hydroxylation is 4. The Morgan fingerprint density at radius 1 is 1.15 bits per heavy atom. The van der Waals surface area contributed by atoms with E-state index in [0.29, 0.717) is 12.5 Å². The zero-order valence-corrected chi connectivity index (χ0v) is 19.5. The highest BCUT2D eigenvalue weighted by atomic mass is 16.5. The number of fused-ring (bicyclic) bond motifs is 3. The second-order valence-corrected chi connectivity index (χ2v) is 8.99. The maximum Gasteiger partial charge on any atom is 0.142 e. The first-order chi connectivity index (χ1) is 15.9. The summed E-state index contributed by atoms with van der Waals surface area (Å²) >= 11 is 0. The van der Waals surface area contributed by atoms with Crippen LogP contribution in [0.4, 0.5) is 0 Å². The predicted molar refractivity (Wildman–Crippen MR) is 126 cm³/mol. The molecule has 0 spiro atoms. The molecule has 0 unspecified atom stereocenters. The molecule has 0 aliphatic heterocycles. The van der Waals surface area contributed by atoms with Gasteiger partial charge in [0, 0.05) is 34.0 Å². The summed E-state index contributed by atoms with van der Waals surface area (Å²) in [5.41, 5.74) is 7.98. The number of nitrogens with one attached hydrogen (secondary N) is 1. The van der Waals surface area contributed by atoms with E-state index in [-0.39, 0.29) is 0 Å². The van der Waals surface area contributed by atoms with E-state index in [1.807, 2.05) is 27.0 Å². The molecule has 0 saturated heterocycles. The van der Waals surface area contributed by atoms with Crippen molar-refractivity contribution in [2.75, 3.05) is 7.11 Å². The minimum absolute atomic E-state index is 0.521. The van der Waals surface area contributed by atoms with Crippen LogP contribution in [0.1, 0.15) is 53.1 Å². The lowest BCUT2D eigenvalue weighted by Crippen LogP contribution is -2.06. The van der Waals surface area contributed by atoms with Crippen molar-refractivity contribution in [3.8, 4) is 16.9 Å². The van der Waals surface area contributed by atoms with Gasteiger partial charge in [0.05, 0.1) is 36.3 Å². The second kappa shape index (κ2) is 7.16. The van der Waals surface area contributed by atoms with Crippen LogP contribution >= 0.6 is 0 Å². The predicted octanol–water partition coefficient (Wildman–Crippen LogP) is 5.13. The van der Waals surface area contributed by atoms with Gasteiger partial charge < -0.3 is 14.2 Å². The molecule has 8 nitrogen and oxygen atoms in total. The Morgan fingerprint density at radius 3 is 2.67 bits per heavy atom. The van der Waals surface area contributed by atoms with Crippen LogP contribution in [0.15, 0.2) is 22.9 Å². The van der Waals surface area contributed by atoms with Gasteiger partial charge >= 0.3 is 0 Å². The molecule has 168 valence electrons. The molecule has 1 fully saturated rings. The summed E-state index contributed by atoms with van der Waals surface area (Å²) in [5, 5.41) is 10.8. The Balaban J connectivity index is 1.58. The number of hydrogen-bond acceptors (Lipinski definition) is 6. The molecule has 1 aliphatic rings. The number of methoxy groups -OCH3 is 1. The number of hydrogen-bond donors (Lipinski definition) is 1. The van der Waals surface area contributed by atoms with E-state index in [1.54, 1.807) is 7.11 Å². The van der Waals surface area contributed by atoms with Gasteiger partial charge in [-0.1, -0.05) is 5.16 Å². The van der Waals surface area contributed by atoms with Crippen molar-refractivity contribution in [2.24, 2.45) is 0 Å². The molecule has 6 rings (SSSR count). The average molecular weight is 443 g/mol. The molecule has 1 N–H and O–H groups in total. The van der Waals surface area contributed by atoms with Crippen molar-refractivity contribution in [2.45, 2.75) is 53.0 Å². The van der Waals surface area contributed by atoms with Gasteiger partial charge in [0.15, 0.2) is 0 Å². The summed E-state index contributed by atoms with van der Waals surface area (Å²) < 4.78 is 13.4. The van der Waals surface area contributed by atoms with Crippen molar-refractivity contribution in [1.29, 1.82) is 0 Å². The summed E-state index contributed by atoms with van der Waals surface area (Å²) in [6, 6.07) is 4.69. The molecule has 0 amide bonds. The number of nitrogens with zero attached hydrogens (tertiary/aromatic N) is 5. The fourth-order valence-corrected chi connectivity index (χ4v) is 4.87. The van der Waals surface area contributed by atoms with E-state index in [4.69, 9.17) is 19.2 Å². The molecular weight excluding hydrogens is 416 g/mol. The molecule has 4 aromatic heterocycles. The number of H-pyrrole nitrogens is 1. The Kier molecular flexibility index (Phi) is 4.33. The molecule has 4 heterocycles. The molecule has 33 heavy (non-hydrogen) atoms. The standard InChI is InChI=1S/C25H26N6O2/c1-12-11-26-31(16-6-7-16)21(12)10-20-24-17-9-22(32-5)18(23-13(2)30-33-14(23)3)8-19(17)29-25(24)28-15(4)27-20/h8-9,11,16H,6-7,10H2,1-5H3,(H,27,28,29). The Morgan fingerprint density at radius 2 is 1.97 bits per heavy atom. The summed E-state index contributed by atoms with van der Waals surface area (Å²) in [6.07, 6.45) is 5.07. The highest BCUT2D eigenvalue weighted by Crippen LogP contribution is 2.41. The molecule has 1 aromatic carbocycles. The maximum atomic E-state index is 5.81. The van der Waals surface area contributed by atoms with Crippen LogP contribution in [0.5, 0.6) is 5.75 Å². The molecule has 5 aromatic rings. The van der Waals surface area contributed by atoms with E-state index in [0.717, 1.165) is 61.8 Å². The molecule has 0 bridgehead atoms. The van der Waals surface area contributed by atoms with Gasteiger partial charge in [0.2, 0.25) is 0 Å². The first-order valence-corrected chi connectivity index (χ1v) is 11.3. The van der Waals surface area contributed by atoms with Crippen LogP contribution in [0.25, 0.3) is 33.1 Å². The third-order valence-electron chi connectivity index (χ3n) is 6.60. The van der Waals surface area contributed by atoms with Gasteiger partial charge in [-0.3, -0.25) is 4.68 Å². The molecular formula is C25H26N6O2. The minimum Gasteiger partial charge on any atom is -0.496 e. The highest BCUT2D eigenvalue weighted by Gasteiger charge is 2.28. The van der Waals surface area contributed by atoms with Crippen molar-refractivity contribution in [3.05, 3.63) is 52.6 Å². The van der Waals surface area contributed by atoms with Crippen LogP contribution in [-0.2, 0) is 6.42 Å². The van der Waals surface area contributed by atoms with Crippen LogP contribution in [0, 0.1) is 27.7 Å². The van der Waals surface area contributed by atoms with Crippen molar-refractivity contribution in [3.63, 3.8) is 0 Å². The third-order valence-corrected chi connectivity index (χ3v) is 6.60. The normalized spacial score (nSPS) is 14.0. The Labute approximate surface area is 191 Å². The van der Waals surface area contributed by atoms with Crippen LogP contribution in [0.3, 0.4) is 0 Å². The lowest BCUT2D eigenvalue weighted by atomic mass is 10.00. The first-order valence-electron chi connectivity index (χ1n) is 11.3. The molecule has 0 radical (unpaired) electrons. The minimum atomic E-state index is 0.521. The maximum absolute atomic E-state index is 5.81. The first kappa shape index (κ1) is 20.0. The van der Waals surface area contributed by atoms with Crippen LogP contribution in [-0.4, -0.2) is 37.0 Å². The zero-order chi connectivity index (χ0) is 22.9. The number of aromatic amines is 1. The van der Waals surface area contributed by atoms with Crippen molar-refractivity contribution in [1.82, 2.24) is 29.9 Å². The Hall–Kier alpha value is -3.68. The summed E-state index contributed by atoms with van der Waals surface area (Å²) in [5.74, 6) is 2.28. The van der Waals surface area contributed by atoms with E-state index in [1.165, 1.54) is 24.1 Å². The van der Waals surface area contributed by atoms with Gasteiger partial charge in [-0.05, 0) is 58.2 Å². The third kappa shape index (κ3) is 3.12. The van der Waals surface area contributed by atoms with Crippen molar-refractivity contribution < 1.29 is 9.26 Å². The Bertz CT molecular complexity index is 1520. The monoisotopic (exact) mass is 442 g/mol. The van der Waals surface area contributed by atoms with Crippen LogP contribution < -0.4 is 4.74 Å². The fourth-order valence-electron chi connectivity index (χ4n) is 4.87. The van der Waals surface area contributed by atoms with Gasteiger partial charge in [0.1, 0.15) is 23.0 Å². The van der Waals surface area contributed by atoms with E-state index in [9.17, 15) is 0 Å². The number of benzene rings is 1. The summed E-state index contributed by atoms with van der Waals surface area (Å²) in [7, 11) is 1.69. The van der Waals surface area contributed by atoms with Gasteiger partial charge in [-0.25, -0.2) is 9.97 Å². The fraction of sp³-hybridized carbons (Fsp3) is 0.360. The SMILES string of the molecule is COc1cc2c(cc1-c1c(C)noc1C)[nH]c1nc(C)nc(Cc3c(C)cnn3C3CC3)c12. The van der Waals surface area contributed by atoms with E-state index >= 15 is 0 Å². The molecule has 1 aliphatic carbocycles. The molecule has 0 atom stereocenters. The molecule has 1 saturated carbocycles.